The summed E-state index contributed by atoms with van der Waals surface area (Å²) < 4.78 is 21.3. The molecule has 552 valence electrons. The summed E-state index contributed by atoms with van der Waals surface area (Å²) >= 11 is 30.3. The summed E-state index contributed by atoms with van der Waals surface area (Å²) in [5, 5.41) is 24.0. The fourth-order valence-electron chi connectivity index (χ4n) is 7.63. The molecule has 5 aromatic carbocycles. The van der Waals surface area contributed by atoms with Crippen LogP contribution >= 0.6 is 69.8 Å². The highest BCUT2D eigenvalue weighted by molar-refractivity contribution is 7.98. The third kappa shape index (κ3) is 36.7. The highest BCUT2D eigenvalue weighted by Gasteiger charge is 2.19. The summed E-state index contributed by atoms with van der Waals surface area (Å²) in [6.07, 6.45) is 2.64. The normalized spacial score (nSPS) is 10.7. The number of halogens is 5. The first-order valence-corrected chi connectivity index (χ1v) is 35.8. The van der Waals surface area contributed by atoms with Gasteiger partial charge < -0.3 is 55.3 Å². The highest BCUT2D eigenvalue weighted by atomic mass is 35.5. The quantitative estimate of drug-likeness (QED) is 0.00773. The molecule has 1 atom stereocenters. The second kappa shape index (κ2) is 47.4. The number of carbonyl (C=O) groups excluding carboxylic acids is 4. The van der Waals surface area contributed by atoms with Gasteiger partial charge >= 0.3 is 12.1 Å². The van der Waals surface area contributed by atoms with Gasteiger partial charge in [-0.05, 0) is 207 Å². The number of ether oxygens (including phenoxy) is 4. The van der Waals surface area contributed by atoms with E-state index in [1.807, 2.05) is 136 Å². The summed E-state index contributed by atoms with van der Waals surface area (Å²) in [6.45, 7) is 31.1. The maximum Gasteiger partial charge on any atom is 0.411 e. The Morgan fingerprint density at radius 1 is 0.578 bits per heavy atom. The van der Waals surface area contributed by atoms with E-state index in [0.29, 0.717) is 91.5 Å². The Labute approximate surface area is 627 Å². The zero-order chi connectivity index (χ0) is 75.8. The number of esters is 1. The molecule has 0 fully saturated rings. The molecule has 102 heavy (non-hydrogen) atoms. The molecule has 0 bridgehead atoms. The molecule has 0 aliphatic heterocycles. The third-order valence-electron chi connectivity index (χ3n) is 11.7. The van der Waals surface area contributed by atoms with Gasteiger partial charge in [0.1, 0.15) is 24.0 Å². The minimum atomic E-state index is -0.777. The van der Waals surface area contributed by atoms with E-state index in [4.69, 9.17) is 81.8 Å². The maximum atomic E-state index is 12.0. The largest absolute Gasteiger partial charge is 0.479 e. The standard InChI is InChI=1S/C22H22ClN3O5.C11H14ClNO.C10H19N5S.C10H13NO2.C9H9Cl2NO.C9H16ClN5/c1-14(2)26-29-11-10-28-22(27)15(3)30-17-5-7-18(8-6-17)31-21-13-24-20-12-16(23)4-9-19(20)25-21;1-9(2)13(11(14)8-12)10-6-4-3-5-7-10;1-6(2)11-8-13-9(12-7(3)4)15-10(14-8)16-5;1-8(2)13-10(12)11-9-6-4-3-5-7-9;1-2-9(13)12-6-3-4-7(10)8(11)5-6;1-5(2)11-8-13-7(10)14-9(15-8)12-6(3)4/h4-9,12-13,15H,10-11H2,1-3H3;3-7,9H,8H2,1-2H3;6-7H,1-5H3,(H2,11,12,13,14,15);3-8H,1-2H3,(H,11,12);3-5H,2H2,1H3,(H,12,13);5-6H,1-4H3,(H2,11,12,13,14,15)/t15-;;;;;/m1...../s1. The monoisotopic (exact) mass is 1520 g/mol. The smallest absolute Gasteiger partial charge is 0.411 e. The number of para-hydroxylation sites is 2. The van der Waals surface area contributed by atoms with Gasteiger partial charge in [0, 0.05) is 58.7 Å². The SMILES string of the molecule is CC(C)=NOCCOC(=O)[C@@H](C)Oc1ccc(Oc2cnc3cc(Cl)ccc3n2)cc1.CC(C)N(C(=O)CCl)c1ccccc1.CC(C)Nc1nc(Cl)nc(NC(C)C)n1.CC(C)OC(=O)Nc1ccccc1.CCC(=O)Nc1ccc(Cl)c(Cl)c1.CSc1nc(NC(C)C)nc(NC(C)C)n1. The van der Waals surface area contributed by atoms with Crippen molar-refractivity contribution in [2.24, 2.45) is 5.16 Å². The molecule has 3 aromatic heterocycles. The van der Waals surface area contributed by atoms with Gasteiger partial charge in [-0.3, -0.25) is 14.9 Å². The second-order valence-electron chi connectivity index (χ2n) is 23.4. The van der Waals surface area contributed by atoms with E-state index >= 15 is 0 Å². The van der Waals surface area contributed by atoms with Gasteiger partial charge in [0.15, 0.2) is 17.9 Å². The van der Waals surface area contributed by atoms with E-state index in [1.165, 1.54) is 18.0 Å². The number of fused-ring (bicyclic) bond motifs is 1. The van der Waals surface area contributed by atoms with Crippen molar-refractivity contribution in [2.45, 2.75) is 165 Å². The van der Waals surface area contributed by atoms with Crippen LogP contribution in [0.4, 0.5) is 45.7 Å². The van der Waals surface area contributed by atoms with Crippen molar-refractivity contribution in [2.75, 3.05) is 62.2 Å². The van der Waals surface area contributed by atoms with Crippen LogP contribution in [0.5, 0.6) is 17.4 Å². The van der Waals surface area contributed by atoms with E-state index < -0.39 is 18.2 Å². The van der Waals surface area contributed by atoms with Crippen molar-refractivity contribution in [1.82, 2.24) is 39.9 Å². The molecular weight excluding hydrogens is 1430 g/mol. The number of carbonyl (C=O) groups is 4. The van der Waals surface area contributed by atoms with Crippen LogP contribution in [-0.2, 0) is 28.7 Å². The van der Waals surface area contributed by atoms with Crippen LogP contribution in [0.3, 0.4) is 0 Å². The average Bonchev–Trinajstić information content (AvgIpc) is 0.839. The lowest BCUT2D eigenvalue weighted by Gasteiger charge is -2.25. The summed E-state index contributed by atoms with van der Waals surface area (Å²) in [4.78, 5) is 86.0. The van der Waals surface area contributed by atoms with Crippen LogP contribution in [0.2, 0.25) is 20.4 Å². The lowest BCUT2D eigenvalue weighted by molar-refractivity contribution is -0.152. The Morgan fingerprint density at radius 3 is 1.61 bits per heavy atom. The van der Waals surface area contributed by atoms with Gasteiger partial charge in [-0.1, -0.05) is 95.0 Å². The Hall–Kier alpha value is -8.79. The molecule has 0 saturated heterocycles. The molecule has 0 aliphatic carbocycles. The zero-order valence-electron chi connectivity index (χ0n) is 60.4. The van der Waals surface area contributed by atoms with Gasteiger partial charge in [-0.15, -0.1) is 11.6 Å². The van der Waals surface area contributed by atoms with Gasteiger partial charge in [-0.25, -0.2) is 19.6 Å². The molecule has 0 spiro atoms. The Morgan fingerprint density at radius 2 is 1.12 bits per heavy atom. The predicted molar refractivity (Wildman–Crippen MR) is 415 cm³/mol. The van der Waals surface area contributed by atoms with Crippen LogP contribution in [0.15, 0.2) is 138 Å². The Bertz CT molecular complexity index is 3800. The number of nitrogens with one attached hydrogen (secondary N) is 6. The molecule has 25 nitrogen and oxygen atoms in total. The minimum Gasteiger partial charge on any atom is -0.479 e. The molecule has 8 aromatic rings. The average molecular weight is 1520 g/mol. The molecule has 31 heteroatoms. The van der Waals surface area contributed by atoms with Crippen LogP contribution < -0.4 is 46.3 Å². The van der Waals surface area contributed by atoms with Gasteiger partial charge in [-0.2, -0.15) is 29.9 Å². The highest BCUT2D eigenvalue weighted by Crippen LogP contribution is 2.27. The number of rotatable bonds is 25. The van der Waals surface area contributed by atoms with Crippen LogP contribution in [-0.4, -0.2) is 137 Å². The number of thioether (sulfide) groups is 1. The van der Waals surface area contributed by atoms with Crippen LogP contribution in [0, 0.1) is 0 Å². The van der Waals surface area contributed by atoms with Crippen LogP contribution in [0.25, 0.3) is 11.0 Å². The molecule has 0 unspecified atom stereocenters. The van der Waals surface area contributed by atoms with Crippen molar-refractivity contribution in [3.8, 4) is 17.4 Å². The number of alkyl halides is 1. The molecule has 8 rings (SSSR count). The summed E-state index contributed by atoms with van der Waals surface area (Å²) in [5.41, 5.74) is 4.45. The molecule has 0 saturated carbocycles. The number of nitrogens with zero attached hydrogens (tertiary/aromatic N) is 10. The first-order chi connectivity index (χ1) is 48.4. The van der Waals surface area contributed by atoms with E-state index in [-0.39, 0.29) is 60.4 Å². The molecule has 0 radical (unpaired) electrons. The van der Waals surface area contributed by atoms with E-state index in [9.17, 15) is 19.2 Å². The van der Waals surface area contributed by atoms with E-state index in [0.717, 1.165) is 22.2 Å². The number of aromatic nitrogens is 8. The van der Waals surface area contributed by atoms with E-state index in [1.54, 1.807) is 79.4 Å². The first kappa shape index (κ1) is 87.4. The first-order valence-electron chi connectivity index (χ1n) is 32.5. The summed E-state index contributed by atoms with van der Waals surface area (Å²) in [7, 11) is 0. The van der Waals surface area contributed by atoms with E-state index in [2.05, 4.69) is 105 Å². The number of oxime groups is 1. The van der Waals surface area contributed by atoms with Gasteiger partial charge in [0.2, 0.25) is 46.8 Å². The zero-order valence-corrected chi connectivity index (χ0v) is 65.0. The third-order valence-corrected chi connectivity index (χ3v) is 13.7. The van der Waals surface area contributed by atoms with Crippen molar-refractivity contribution in [3.63, 3.8) is 0 Å². The van der Waals surface area contributed by atoms with Gasteiger partial charge in [0.25, 0.3) is 0 Å². The number of hydrogen-bond donors (Lipinski definition) is 6. The van der Waals surface area contributed by atoms with Crippen LogP contribution in [0.1, 0.15) is 117 Å². The molecular formula is C71H93Cl5N16O9S. The van der Waals surface area contributed by atoms with Crippen molar-refractivity contribution in [3.05, 3.63) is 148 Å². The topological polar surface area (TPSA) is 305 Å². The van der Waals surface area contributed by atoms with Crippen molar-refractivity contribution >= 4 is 151 Å². The minimum absolute atomic E-state index is 0.0209. The molecule has 6 N–H and O–H groups in total. The fraction of sp³-hybridized carbons (Fsp3) is 0.394. The summed E-state index contributed by atoms with van der Waals surface area (Å²) in [6, 6.07) is 37.1. The lowest BCUT2D eigenvalue weighted by atomic mass is 10.2. The summed E-state index contributed by atoms with van der Waals surface area (Å²) in [5.74, 6) is 3.06. The Balaban J connectivity index is 0.000000331. The molecule has 3 amide bonds. The second-order valence-corrected chi connectivity index (χ2v) is 26.1. The van der Waals surface area contributed by atoms with Crippen molar-refractivity contribution < 1.29 is 43.0 Å². The molecule has 3 heterocycles. The number of anilines is 7. The lowest BCUT2D eigenvalue weighted by Crippen LogP contribution is -2.37. The number of benzene rings is 5. The van der Waals surface area contributed by atoms with Gasteiger partial charge in [0.05, 0.1) is 39.1 Å². The number of amides is 3. The predicted octanol–water partition coefficient (Wildman–Crippen LogP) is 17.9. The molecule has 0 aliphatic rings. The fourth-order valence-corrected chi connectivity index (χ4v) is 8.73. The number of hydrogen-bond acceptors (Lipinski definition) is 23. The van der Waals surface area contributed by atoms with Crippen molar-refractivity contribution in [1.29, 1.82) is 0 Å². The maximum absolute atomic E-state index is 12.0. The Kier molecular flexibility index (Phi) is 40.6.